The van der Waals surface area contributed by atoms with Gasteiger partial charge in [-0.3, -0.25) is 8.98 Å². The van der Waals surface area contributed by atoms with Gasteiger partial charge in [-0.2, -0.15) is 8.42 Å². The molecule has 0 saturated heterocycles. The Kier molecular flexibility index (Phi) is 6.95. The first kappa shape index (κ1) is 23.0. The van der Waals surface area contributed by atoms with Crippen LogP contribution in [0.1, 0.15) is 24.2 Å². The molecule has 14 heteroatoms. The number of carbonyl (C=O) groups is 1. The fourth-order valence-corrected chi connectivity index (χ4v) is 3.62. The summed E-state index contributed by atoms with van der Waals surface area (Å²) in [7, 11) is -4.06. The van der Waals surface area contributed by atoms with Crippen LogP contribution in [0.15, 0.2) is 47.9 Å². The first-order chi connectivity index (χ1) is 15.2. The lowest BCUT2D eigenvalue weighted by molar-refractivity contribution is -0.392. The van der Waals surface area contributed by atoms with Crippen molar-refractivity contribution in [2.75, 3.05) is 13.2 Å². The zero-order valence-electron chi connectivity index (χ0n) is 17.2. The molecule has 3 aromatic rings. The van der Waals surface area contributed by atoms with Crippen molar-refractivity contribution in [3.8, 4) is 0 Å². The maximum absolute atomic E-state index is 12.5. The number of rotatable bonds is 10. The third-order valence-electron chi connectivity index (χ3n) is 4.35. The molecule has 1 aromatic carbocycles. The van der Waals surface area contributed by atoms with E-state index in [1.807, 2.05) is 6.92 Å². The van der Waals surface area contributed by atoms with Crippen LogP contribution in [-0.4, -0.2) is 57.1 Å². The van der Waals surface area contributed by atoms with Crippen LogP contribution in [0.25, 0.3) is 0 Å². The standard InChI is InChI=1S/C18H20N6O7S/c1-13-3-5-17(6-4-13)32(28,29)31-11-16(10-30-14(2)25)23-9-15(20-21-23)8-22-12-19-7-18(22)24(26)27/h3-7,9,12,16H,8,10-11H2,1-2H3. The number of ether oxygens (including phenoxy) is 1. The van der Waals surface area contributed by atoms with E-state index in [4.69, 9.17) is 8.92 Å². The summed E-state index contributed by atoms with van der Waals surface area (Å²) in [4.78, 5) is 25.4. The van der Waals surface area contributed by atoms with E-state index in [-0.39, 0.29) is 30.5 Å². The maximum atomic E-state index is 12.5. The molecular weight excluding hydrogens is 444 g/mol. The van der Waals surface area contributed by atoms with Crippen molar-refractivity contribution in [3.63, 3.8) is 0 Å². The summed E-state index contributed by atoms with van der Waals surface area (Å²) in [6.07, 6.45) is 3.85. The molecule has 0 saturated carbocycles. The summed E-state index contributed by atoms with van der Waals surface area (Å²) in [6.45, 7) is 2.46. The number of nitrogens with zero attached hydrogens (tertiary/aromatic N) is 6. The summed E-state index contributed by atoms with van der Waals surface area (Å²) in [6, 6.07) is 5.34. The Hall–Kier alpha value is -3.65. The fourth-order valence-electron chi connectivity index (χ4n) is 2.68. The number of benzene rings is 1. The highest BCUT2D eigenvalue weighted by Gasteiger charge is 2.23. The van der Waals surface area contributed by atoms with Crippen molar-refractivity contribution in [1.29, 1.82) is 0 Å². The van der Waals surface area contributed by atoms with Gasteiger partial charge >= 0.3 is 11.8 Å². The van der Waals surface area contributed by atoms with Crippen molar-refractivity contribution in [1.82, 2.24) is 24.5 Å². The van der Waals surface area contributed by atoms with Gasteiger partial charge in [0.15, 0.2) is 6.33 Å². The molecule has 1 atom stereocenters. The summed E-state index contributed by atoms with van der Waals surface area (Å²) < 4.78 is 37.7. The lowest BCUT2D eigenvalue weighted by atomic mass is 10.2. The molecule has 0 amide bonds. The Morgan fingerprint density at radius 3 is 2.62 bits per heavy atom. The monoisotopic (exact) mass is 464 g/mol. The zero-order valence-corrected chi connectivity index (χ0v) is 18.0. The van der Waals surface area contributed by atoms with Gasteiger partial charge in [-0.15, -0.1) is 5.10 Å². The number of aromatic nitrogens is 5. The Morgan fingerprint density at radius 2 is 1.97 bits per heavy atom. The molecule has 1 unspecified atom stereocenters. The van der Waals surface area contributed by atoms with E-state index in [0.717, 1.165) is 11.8 Å². The van der Waals surface area contributed by atoms with Crippen molar-refractivity contribution >= 4 is 21.9 Å². The van der Waals surface area contributed by atoms with Gasteiger partial charge in [-0.1, -0.05) is 22.9 Å². The molecular formula is C18H20N6O7S. The highest BCUT2D eigenvalue weighted by Crippen LogP contribution is 2.17. The van der Waals surface area contributed by atoms with Crippen LogP contribution in [-0.2, 0) is 30.4 Å². The molecule has 13 nitrogen and oxygen atoms in total. The first-order valence-corrected chi connectivity index (χ1v) is 10.7. The molecule has 0 aliphatic heterocycles. The SMILES string of the molecule is CC(=O)OCC(COS(=O)(=O)c1ccc(C)cc1)n1cc(Cn2cncc2[N+](=O)[O-])nn1. The second-order valence-electron chi connectivity index (χ2n) is 6.83. The van der Waals surface area contributed by atoms with Crippen LogP contribution in [0.5, 0.6) is 0 Å². The Morgan fingerprint density at radius 1 is 1.25 bits per heavy atom. The second-order valence-corrected chi connectivity index (χ2v) is 8.45. The third-order valence-corrected chi connectivity index (χ3v) is 5.64. The van der Waals surface area contributed by atoms with E-state index in [1.165, 1.54) is 40.8 Å². The Bertz CT molecular complexity index is 1200. The van der Waals surface area contributed by atoms with Gasteiger partial charge in [0.05, 0.1) is 17.7 Å². The topological polar surface area (TPSA) is 161 Å². The van der Waals surface area contributed by atoms with Gasteiger partial charge in [-0.25, -0.2) is 14.2 Å². The van der Waals surface area contributed by atoms with Crippen LogP contribution in [0.3, 0.4) is 0 Å². The average molecular weight is 464 g/mol. The van der Waals surface area contributed by atoms with Crippen molar-refractivity contribution < 1.29 is 27.1 Å². The molecule has 32 heavy (non-hydrogen) atoms. The van der Waals surface area contributed by atoms with Crippen LogP contribution in [0, 0.1) is 17.0 Å². The van der Waals surface area contributed by atoms with Crippen LogP contribution in [0.4, 0.5) is 5.82 Å². The average Bonchev–Trinajstić information content (AvgIpc) is 3.38. The summed E-state index contributed by atoms with van der Waals surface area (Å²) in [5, 5.41) is 18.9. The van der Waals surface area contributed by atoms with Crippen LogP contribution >= 0.6 is 0 Å². The number of imidazole rings is 1. The fraction of sp³-hybridized carbons (Fsp3) is 0.333. The Labute approximate surface area is 182 Å². The number of hydrogen-bond donors (Lipinski definition) is 0. The summed E-state index contributed by atoms with van der Waals surface area (Å²) in [5.41, 5.74) is 1.24. The molecule has 0 bridgehead atoms. The largest absolute Gasteiger partial charge is 0.463 e. The second kappa shape index (κ2) is 9.65. The van der Waals surface area contributed by atoms with Gasteiger partial charge in [-0.05, 0) is 24.0 Å². The van der Waals surface area contributed by atoms with E-state index in [9.17, 15) is 23.3 Å². The number of esters is 1. The van der Waals surface area contributed by atoms with Gasteiger partial charge in [0, 0.05) is 6.92 Å². The predicted octanol–water partition coefficient (Wildman–Crippen LogP) is 1.25. The molecule has 0 aliphatic rings. The quantitative estimate of drug-likeness (QED) is 0.185. The first-order valence-electron chi connectivity index (χ1n) is 9.30. The van der Waals surface area contributed by atoms with Gasteiger partial charge < -0.3 is 14.9 Å². The minimum atomic E-state index is -4.06. The van der Waals surface area contributed by atoms with Crippen molar-refractivity contribution in [3.05, 3.63) is 64.4 Å². The lowest BCUT2D eigenvalue weighted by Gasteiger charge is -2.16. The van der Waals surface area contributed by atoms with Gasteiger partial charge in [0.2, 0.25) is 0 Å². The van der Waals surface area contributed by atoms with Crippen molar-refractivity contribution in [2.45, 2.75) is 31.3 Å². The summed E-state index contributed by atoms with van der Waals surface area (Å²) >= 11 is 0. The normalized spacial score (nSPS) is 12.4. The van der Waals surface area contributed by atoms with E-state index >= 15 is 0 Å². The van der Waals surface area contributed by atoms with Gasteiger partial charge in [0.1, 0.15) is 31.1 Å². The number of nitro groups is 1. The maximum Gasteiger partial charge on any atom is 0.342 e. The smallest absolute Gasteiger partial charge is 0.342 e. The highest BCUT2D eigenvalue weighted by atomic mass is 32.2. The van der Waals surface area contributed by atoms with Gasteiger partial charge in [0.25, 0.3) is 10.1 Å². The molecule has 0 spiro atoms. The van der Waals surface area contributed by atoms with E-state index in [2.05, 4.69) is 15.3 Å². The predicted molar refractivity (Wildman–Crippen MR) is 108 cm³/mol. The molecule has 170 valence electrons. The minimum Gasteiger partial charge on any atom is -0.463 e. The molecule has 0 radical (unpaired) electrons. The molecule has 0 fully saturated rings. The highest BCUT2D eigenvalue weighted by molar-refractivity contribution is 7.86. The van der Waals surface area contributed by atoms with Crippen LogP contribution < -0.4 is 0 Å². The van der Waals surface area contributed by atoms with E-state index in [0.29, 0.717) is 5.69 Å². The molecule has 2 heterocycles. The van der Waals surface area contributed by atoms with E-state index in [1.54, 1.807) is 12.1 Å². The number of hydrogen-bond acceptors (Lipinski definition) is 10. The molecule has 2 aromatic heterocycles. The summed E-state index contributed by atoms with van der Waals surface area (Å²) in [5.74, 6) is -0.783. The minimum absolute atomic E-state index is 0.0129. The number of aryl methyl sites for hydroxylation is 1. The Balaban J connectivity index is 1.75. The third kappa shape index (κ3) is 5.73. The molecule has 3 rings (SSSR count). The zero-order chi connectivity index (χ0) is 23.3. The van der Waals surface area contributed by atoms with Crippen LogP contribution in [0.2, 0.25) is 0 Å². The molecule has 0 N–H and O–H groups in total. The lowest BCUT2D eigenvalue weighted by Crippen LogP contribution is -2.24. The van der Waals surface area contributed by atoms with E-state index < -0.39 is 27.1 Å². The molecule has 0 aliphatic carbocycles. The van der Waals surface area contributed by atoms with Crippen molar-refractivity contribution in [2.24, 2.45) is 0 Å². The number of carbonyl (C=O) groups excluding carboxylic acids is 1.